The monoisotopic (exact) mass is 899 g/mol. The number of allylic oxidation sites excluding steroid dienone is 20. The summed E-state index contributed by atoms with van der Waals surface area (Å²) in [4.78, 5) is 37.9. The fourth-order valence-electron chi connectivity index (χ4n) is 6.62. The Bertz CT molecular complexity index is 1400. The van der Waals surface area contributed by atoms with Crippen molar-refractivity contribution in [1.82, 2.24) is 0 Å². The lowest BCUT2D eigenvalue weighted by molar-refractivity contribution is -0.167. The first-order chi connectivity index (χ1) is 32.0. The van der Waals surface area contributed by atoms with E-state index in [1.165, 1.54) is 38.5 Å². The Morgan fingerprint density at radius 2 is 0.615 bits per heavy atom. The number of hydrogen-bond donors (Lipinski definition) is 0. The fourth-order valence-corrected chi connectivity index (χ4v) is 6.62. The molecule has 0 heterocycles. The van der Waals surface area contributed by atoms with Gasteiger partial charge in [-0.3, -0.25) is 14.4 Å². The summed E-state index contributed by atoms with van der Waals surface area (Å²) in [7, 11) is 0. The summed E-state index contributed by atoms with van der Waals surface area (Å²) in [6.07, 6.45) is 71.9. The van der Waals surface area contributed by atoms with Crippen molar-refractivity contribution in [3.8, 4) is 0 Å². The first kappa shape index (κ1) is 60.8. The highest BCUT2D eigenvalue weighted by Gasteiger charge is 2.19. The van der Waals surface area contributed by atoms with E-state index in [1.807, 2.05) is 0 Å². The van der Waals surface area contributed by atoms with Crippen molar-refractivity contribution in [2.24, 2.45) is 0 Å². The van der Waals surface area contributed by atoms with E-state index >= 15 is 0 Å². The maximum atomic E-state index is 12.8. The minimum atomic E-state index is -0.817. The molecule has 1 atom stereocenters. The molecule has 0 aromatic carbocycles. The summed E-state index contributed by atoms with van der Waals surface area (Å²) in [5.41, 5.74) is 0. The van der Waals surface area contributed by atoms with Crippen LogP contribution in [0.3, 0.4) is 0 Å². The van der Waals surface area contributed by atoms with Crippen LogP contribution < -0.4 is 0 Å². The Hall–Kier alpha value is -4.19. The summed E-state index contributed by atoms with van der Waals surface area (Å²) in [5.74, 6) is -0.998. The standard InChI is InChI=1S/C59H94O6/c1-4-7-10-13-16-19-21-23-25-27-28-29-30-32-33-35-37-40-43-46-49-52-58(61)64-55-56(54-63-57(60)51-48-45-42-39-18-15-12-9-6-3)65-59(62)53-50-47-44-41-38-36-34-31-26-24-22-20-17-14-11-8-5-2/h7-8,10-11,16-17,19-20,23-26,28-29,32-34,36,41,44,56H,4-6,9,12-15,18,21-22,27,30-31,35,37-40,42-43,45-55H2,1-3H3/b10-7-,11-8-,19-16-,20-17-,25-23-,26-24-,29-28-,33-32-,36-34-,44-41-. The number of hydrogen-bond acceptors (Lipinski definition) is 6. The fraction of sp³-hybridized carbons (Fsp3) is 0.610. The van der Waals surface area contributed by atoms with E-state index in [0.717, 1.165) is 128 Å². The van der Waals surface area contributed by atoms with Crippen LogP contribution in [0.2, 0.25) is 0 Å². The third-order valence-electron chi connectivity index (χ3n) is 10.5. The topological polar surface area (TPSA) is 78.9 Å². The average molecular weight is 899 g/mol. The van der Waals surface area contributed by atoms with Crippen LogP contribution >= 0.6 is 0 Å². The van der Waals surface area contributed by atoms with Gasteiger partial charge in [0.05, 0.1) is 0 Å². The Labute approximate surface area is 399 Å². The van der Waals surface area contributed by atoms with E-state index in [-0.39, 0.29) is 37.5 Å². The van der Waals surface area contributed by atoms with Crippen molar-refractivity contribution in [3.05, 3.63) is 122 Å². The molecule has 0 aromatic rings. The summed E-state index contributed by atoms with van der Waals surface area (Å²) in [6.45, 7) is 6.31. The third-order valence-corrected chi connectivity index (χ3v) is 10.5. The zero-order valence-corrected chi connectivity index (χ0v) is 41.7. The number of carbonyl (C=O) groups excluding carboxylic acids is 3. The molecule has 0 saturated heterocycles. The van der Waals surface area contributed by atoms with E-state index in [0.29, 0.717) is 19.3 Å². The molecule has 0 amide bonds. The Morgan fingerprint density at radius 3 is 0.985 bits per heavy atom. The lowest BCUT2D eigenvalue weighted by atomic mass is 10.1. The van der Waals surface area contributed by atoms with Gasteiger partial charge in [-0.15, -0.1) is 0 Å². The van der Waals surface area contributed by atoms with E-state index in [9.17, 15) is 14.4 Å². The van der Waals surface area contributed by atoms with Crippen LogP contribution in [0.5, 0.6) is 0 Å². The molecule has 0 bridgehead atoms. The highest BCUT2D eigenvalue weighted by Crippen LogP contribution is 2.13. The minimum Gasteiger partial charge on any atom is -0.462 e. The Kier molecular flexibility index (Phi) is 49.1. The van der Waals surface area contributed by atoms with Crippen molar-refractivity contribution in [2.45, 2.75) is 219 Å². The van der Waals surface area contributed by atoms with Crippen LogP contribution in [0, 0.1) is 0 Å². The Morgan fingerprint density at radius 1 is 0.323 bits per heavy atom. The number of ether oxygens (including phenoxy) is 3. The third kappa shape index (κ3) is 50.7. The summed E-state index contributed by atoms with van der Waals surface area (Å²) < 4.78 is 16.7. The molecular weight excluding hydrogens is 805 g/mol. The quantitative estimate of drug-likeness (QED) is 0.0262. The van der Waals surface area contributed by atoms with E-state index < -0.39 is 6.10 Å². The number of esters is 3. The van der Waals surface area contributed by atoms with Crippen molar-refractivity contribution in [1.29, 1.82) is 0 Å². The molecule has 0 aromatic heterocycles. The maximum Gasteiger partial charge on any atom is 0.306 e. The lowest BCUT2D eigenvalue weighted by Gasteiger charge is -2.18. The number of unbranched alkanes of at least 4 members (excludes halogenated alkanes) is 14. The Balaban J connectivity index is 4.46. The van der Waals surface area contributed by atoms with Gasteiger partial charge in [-0.2, -0.15) is 0 Å². The molecule has 65 heavy (non-hydrogen) atoms. The van der Waals surface area contributed by atoms with Gasteiger partial charge >= 0.3 is 17.9 Å². The van der Waals surface area contributed by atoms with Crippen LogP contribution in [0.1, 0.15) is 213 Å². The van der Waals surface area contributed by atoms with Crippen LogP contribution in [-0.2, 0) is 28.6 Å². The van der Waals surface area contributed by atoms with Crippen LogP contribution in [0.15, 0.2) is 122 Å². The molecule has 0 saturated carbocycles. The van der Waals surface area contributed by atoms with Gasteiger partial charge in [0.25, 0.3) is 0 Å². The maximum absolute atomic E-state index is 12.8. The highest BCUT2D eigenvalue weighted by molar-refractivity contribution is 5.71. The molecule has 0 N–H and O–H groups in total. The summed E-state index contributed by atoms with van der Waals surface area (Å²) >= 11 is 0. The predicted octanol–water partition coefficient (Wildman–Crippen LogP) is 17.3. The van der Waals surface area contributed by atoms with Crippen molar-refractivity contribution in [3.63, 3.8) is 0 Å². The zero-order valence-electron chi connectivity index (χ0n) is 41.7. The molecule has 6 nitrogen and oxygen atoms in total. The molecule has 0 aliphatic heterocycles. The zero-order chi connectivity index (χ0) is 47.2. The molecule has 1 unspecified atom stereocenters. The molecule has 6 heteroatoms. The van der Waals surface area contributed by atoms with Crippen molar-refractivity contribution >= 4 is 17.9 Å². The van der Waals surface area contributed by atoms with Gasteiger partial charge in [0.1, 0.15) is 13.2 Å². The van der Waals surface area contributed by atoms with Crippen molar-refractivity contribution < 1.29 is 28.6 Å². The number of rotatable bonds is 45. The minimum absolute atomic E-state index is 0.109. The van der Waals surface area contributed by atoms with Crippen LogP contribution in [-0.4, -0.2) is 37.2 Å². The summed E-state index contributed by atoms with van der Waals surface area (Å²) in [6, 6.07) is 0. The van der Waals surface area contributed by atoms with Gasteiger partial charge in [0.2, 0.25) is 0 Å². The summed E-state index contributed by atoms with van der Waals surface area (Å²) in [5, 5.41) is 0. The largest absolute Gasteiger partial charge is 0.462 e. The molecular formula is C59H94O6. The number of carbonyl (C=O) groups is 3. The van der Waals surface area contributed by atoms with Crippen molar-refractivity contribution in [2.75, 3.05) is 13.2 Å². The molecule has 0 spiro atoms. The van der Waals surface area contributed by atoms with Crippen LogP contribution in [0.4, 0.5) is 0 Å². The normalized spacial score (nSPS) is 13.1. The second-order valence-electron chi connectivity index (χ2n) is 16.7. The smallest absolute Gasteiger partial charge is 0.306 e. The molecule has 0 rings (SSSR count). The molecule has 0 aliphatic carbocycles. The van der Waals surface area contributed by atoms with Gasteiger partial charge in [-0.25, -0.2) is 0 Å². The van der Waals surface area contributed by atoms with Gasteiger partial charge in [0.15, 0.2) is 6.10 Å². The first-order valence-electron chi connectivity index (χ1n) is 26.0. The van der Waals surface area contributed by atoms with Gasteiger partial charge in [-0.1, -0.05) is 213 Å². The average Bonchev–Trinajstić information content (AvgIpc) is 3.30. The molecule has 0 radical (unpaired) electrons. The second-order valence-corrected chi connectivity index (χ2v) is 16.7. The molecule has 0 aliphatic rings. The molecule has 0 fully saturated rings. The highest BCUT2D eigenvalue weighted by atomic mass is 16.6. The molecule has 366 valence electrons. The SMILES string of the molecule is CC/C=C\C/C=C\C/C=C\C/C=C\C/C=C\CCCCCCCC(=O)OCC(COC(=O)CCCCCCCCCCC)OC(=O)CCC/C=C\C/C=C\C/C=C\C/C=C\C/C=C\CC. The van der Waals surface area contributed by atoms with E-state index in [4.69, 9.17) is 14.2 Å². The van der Waals surface area contributed by atoms with E-state index in [2.05, 4.69) is 142 Å². The van der Waals surface area contributed by atoms with Gasteiger partial charge in [0, 0.05) is 19.3 Å². The first-order valence-corrected chi connectivity index (χ1v) is 26.0. The van der Waals surface area contributed by atoms with Crippen LogP contribution in [0.25, 0.3) is 0 Å². The van der Waals surface area contributed by atoms with Gasteiger partial charge in [-0.05, 0) is 103 Å². The van der Waals surface area contributed by atoms with Gasteiger partial charge < -0.3 is 14.2 Å². The predicted molar refractivity (Wildman–Crippen MR) is 279 cm³/mol. The lowest BCUT2D eigenvalue weighted by Crippen LogP contribution is -2.30. The van der Waals surface area contributed by atoms with E-state index in [1.54, 1.807) is 0 Å². The second kappa shape index (κ2) is 52.4.